The van der Waals surface area contributed by atoms with Crippen molar-refractivity contribution < 1.29 is 26.3 Å². The third kappa shape index (κ3) is 3.36. The normalized spacial score (nSPS) is 14.3. The molecule has 0 saturated carbocycles. The minimum absolute atomic E-state index is 0.0235. The highest BCUT2D eigenvalue weighted by molar-refractivity contribution is 7.92. The summed E-state index contributed by atoms with van der Waals surface area (Å²) in [4.78, 5) is 3.83. The fourth-order valence-corrected chi connectivity index (χ4v) is 5.24. The molecule has 0 bridgehead atoms. The Bertz CT molecular complexity index is 1430. The number of ether oxygens (including phenoxy) is 1. The van der Waals surface area contributed by atoms with E-state index >= 15 is 0 Å². The number of fused-ring (bicyclic) bond motifs is 2. The minimum Gasteiger partial charge on any atom is -0.489 e. The van der Waals surface area contributed by atoms with Gasteiger partial charge in [0.05, 0.1) is 28.4 Å². The Morgan fingerprint density at radius 2 is 1.81 bits per heavy atom. The zero-order valence-electron chi connectivity index (χ0n) is 16.5. The first-order valence-corrected chi connectivity index (χ1v) is 11.1. The zero-order valence-corrected chi connectivity index (χ0v) is 17.3. The number of pyridine rings is 1. The van der Waals surface area contributed by atoms with Crippen LogP contribution in [0.15, 0.2) is 78.0 Å². The summed E-state index contributed by atoms with van der Waals surface area (Å²) in [6, 6.07) is 14.4. The van der Waals surface area contributed by atoms with E-state index in [0.717, 1.165) is 33.8 Å². The van der Waals surface area contributed by atoms with E-state index < -0.39 is 26.7 Å². The van der Waals surface area contributed by atoms with E-state index in [9.17, 15) is 21.6 Å². The van der Waals surface area contributed by atoms with E-state index in [1.54, 1.807) is 30.6 Å². The number of imidazole rings is 1. The van der Waals surface area contributed by atoms with Crippen molar-refractivity contribution in [1.82, 2.24) is 9.38 Å². The van der Waals surface area contributed by atoms with Gasteiger partial charge in [0.1, 0.15) is 18.0 Å². The van der Waals surface area contributed by atoms with Gasteiger partial charge in [-0.1, -0.05) is 12.1 Å². The quantitative estimate of drug-likeness (QED) is 0.449. The minimum atomic E-state index is -4.65. The second kappa shape index (κ2) is 7.27. The van der Waals surface area contributed by atoms with Crippen LogP contribution in [0, 0.1) is 0 Å². The fraction of sp³-hybridized carbons (Fsp3) is 0.136. The third-order valence-electron chi connectivity index (χ3n) is 5.25. The molecule has 1 aliphatic rings. The highest BCUT2D eigenvalue weighted by Gasteiger charge is 2.35. The first-order chi connectivity index (χ1) is 15.2. The molecule has 0 unspecified atom stereocenters. The SMILES string of the molecule is O=S(=O)(c1cccc(C(F)(F)F)c1)N1CCOc2ccc(-c3cccc4nccn34)cc21. The fourth-order valence-electron chi connectivity index (χ4n) is 3.75. The monoisotopic (exact) mass is 459 g/mol. The number of halogens is 3. The van der Waals surface area contributed by atoms with Gasteiger partial charge in [-0.25, -0.2) is 13.4 Å². The van der Waals surface area contributed by atoms with E-state index in [4.69, 9.17) is 4.74 Å². The number of sulfonamides is 1. The van der Waals surface area contributed by atoms with Crippen molar-refractivity contribution >= 4 is 21.4 Å². The summed E-state index contributed by atoms with van der Waals surface area (Å²) in [5.74, 6) is 0.341. The summed E-state index contributed by atoms with van der Waals surface area (Å²) in [5, 5.41) is 0. The van der Waals surface area contributed by atoms with Gasteiger partial charge >= 0.3 is 6.18 Å². The number of alkyl halides is 3. The van der Waals surface area contributed by atoms with Gasteiger partial charge in [0.25, 0.3) is 10.0 Å². The third-order valence-corrected chi connectivity index (χ3v) is 7.06. The van der Waals surface area contributed by atoms with Crippen LogP contribution < -0.4 is 9.04 Å². The molecule has 10 heteroatoms. The lowest BCUT2D eigenvalue weighted by Gasteiger charge is -2.31. The molecular formula is C22H16F3N3O3S. The van der Waals surface area contributed by atoms with Crippen molar-refractivity contribution in [2.24, 2.45) is 0 Å². The topological polar surface area (TPSA) is 63.9 Å². The Morgan fingerprint density at radius 1 is 1.00 bits per heavy atom. The molecule has 2 aromatic carbocycles. The summed E-state index contributed by atoms with van der Waals surface area (Å²) < 4.78 is 74.7. The first kappa shape index (κ1) is 20.4. The highest BCUT2D eigenvalue weighted by atomic mass is 32.2. The molecule has 0 fully saturated rings. The lowest BCUT2D eigenvalue weighted by Crippen LogP contribution is -2.38. The van der Waals surface area contributed by atoms with Crippen molar-refractivity contribution in [3.63, 3.8) is 0 Å². The number of rotatable bonds is 3. The number of hydrogen-bond donors (Lipinski definition) is 0. The van der Waals surface area contributed by atoms with E-state index in [0.29, 0.717) is 17.4 Å². The maximum absolute atomic E-state index is 13.3. The lowest BCUT2D eigenvalue weighted by molar-refractivity contribution is -0.137. The van der Waals surface area contributed by atoms with Gasteiger partial charge in [-0.15, -0.1) is 0 Å². The van der Waals surface area contributed by atoms with Crippen LogP contribution >= 0.6 is 0 Å². The van der Waals surface area contributed by atoms with Gasteiger partial charge in [0.2, 0.25) is 0 Å². The Morgan fingerprint density at radius 3 is 2.62 bits per heavy atom. The maximum atomic E-state index is 13.3. The molecule has 0 saturated heterocycles. The summed E-state index contributed by atoms with van der Waals surface area (Å²) >= 11 is 0. The van der Waals surface area contributed by atoms with E-state index in [1.165, 1.54) is 0 Å². The van der Waals surface area contributed by atoms with Crippen molar-refractivity contribution in [2.45, 2.75) is 11.1 Å². The second-order valence-corrected chi connectivity index (χ2v) is 9.06. The van der Waals surface area contributed by atoms with Gasteiger partial charge < -0.3 is 4.74 Å². The number of hydrogen-bond acceptors (Lipinski definition) is 4. The summed E-state index contributed by atoms with van der Waals surface area (Å²) in [5.41, 5.74) is 1.47. The van der Waals surface area contributed by atoms with E-state index in [1.807, 2.05) is 22.6 Å². The Hall–Kier alpha value is -3.53. The molecule has 3 heterocycles. The van der Waals surface area contributed by atoms with E-state index in [-0.39, 0.29) is 18.8 Å². The predicted molar refractivity (Wildman–Crippen MR) is 112 cm³/mol. The van der Waals surface area contributed by atoms with Crippen LogP contribution in [0.25, 0.3) is 16.9 Å². The maximum Gasteiger partial charge on any atom is 0.416 e. The molecular weight excluding hydrogens is 443 g/mol. The van der Waals surface area contributed by atoms with Crippen LogP contribution in [0.4, 0.5) is 18.9 Å². The molecule has 0 amide bonds. The van der Waals surface area contributed by atoms with Gasteiger partial charge in [-0.2, -0.15) is 13.2 Å². The smallest absolute Gasteiger partial charge is 0.416 e. The van der Waals surface area contributed by atoms with Crippen molar-refractivity contribution in [2.75, 3.05) is 17.5 Å². The Balaban J connectivity index is 1.62. The average Bonchev–Trinajstić information content (AvgIpc) is 3.27. The van der Waals surface area contributed by atoms with Crippen LogP contribution in [0.1, 0.15) is 5.56 Å². The predicted octanol–water partition coefficient (Wildman–Crippen LogP) is 4.61. The van der Waals surface area contributed by atoms with Gasteiger partial charge in [-0.05, 0) is 48.5 Å². The van der Waals surface area contributed by atoms with Crippen molar-refractivity contribution in [3.05, 3.63) is 78.6 Å². The van der Waals surface area contributed by atoms with Crippen LogP contribution in [-0.2, 0) is 16.2 Å². The van der Waals surface area contributed by atoms with Crippen LogP contribution in [0.3, 0.4) is 0 Å². The van der Waals surface area contributed by atoms with Crippen molar-refractivity contribution in [1.29, 1.82) is 0 Å². The molecule has 5 rings (SSSR count). The average molecular weight is 459 g/mol. The largest absolute Gasteiger partial charge is 0.489 e. The molecule has 0 atom stereocenters. The molecule has 2 aromatic heterocycles. The van der Waals surface area contributed by atoms with Gasteiger partial charge in [0, 0.05) is 18.0 Å². The van der Waals surface area contributed by atoms with Crippen LogP contribution in [0.5, 0.6) is 5.75 Å². The highest BCUT2D eigenvalue weighted by Crippen LogP contribution is 2.39. The molecule has 4 aromatic rings. The first-order valence-electron chi connectivity index (χ1n) is 9.64. The molecule has 0 radical (unpaired) electrons. The van der Waals surface area contributed by atoms with Crippen molar-refractivity contribution in [3.8, 4) is 17.0 Å². The number of aromatic nitrogens is 2. The van der Waals surface area contributed by atoms with Crippen LogP contribution in [0.2, 0.25) is 0 Å². The molecule has 0 aliphatic carbocycles. The lowest BCUT2D eigenvalue weighted by atomic mass is 10.1. The van der Waals surface area contributed by atoms with Crippen LogP contribution in [-0.4, -0.2) is 31.0 Å². The molecule has 0 spiro atoms. The number of nitrogens with zero attached hydrogens (tertiary/aromatic N) is 3. The van der Waals surface area contributed by atoms with E-state index in [2.05, 4.69) is 4.98 Å². The Kier molecular flexibility index (Phi) is 4.63. The summed E-state index contributed by atoms with van der Waals surface area (Å²) in [7, 11) is -4.25. The number of anilines is 1. The van der Waals surface area contributed by atoms with Gasteiger partial charge in [0.15, 0.2) is 0 Å². The molecule has 6 nitrogen and oxygen atoms in total. The Labute approximate surface area is 181 Å². The number of benzene rings is 2. The van der Waals surface area contributed by atoms with Gasteiger partial charge in [-0.3, -0.25) is 8.71 Å². The summed E-state index contributed by atoms with van der Waals surface area (Å²) in [6.45, 7) is 0.0615. The molecule has 164 valence electrons. The second-order valence-electron chi connectivity index (χ2n) is 7.20. The molecule has 32 heavy (non-hydrogen) atoms. The summed E-state index contributed by atoms with van der Waals surface area (Å²) in [6.07, 6.45) is -1.20. The molecule has 1 aliphatic heterocycles. The standard InChI is InChI=1S/C22H16F3N3O3S/c23-22(24,25)16-3-1-4-17(14-16)32(29,30)28-11-12-31-20-8-7-15(13-19(20)28)18-5-2-6-21-26-9-10-27(18)21/h1-10,13-14H,11-12H2. The zero-order chi connectivity index (χ0) is 22.5. The molecule has 0 N–H and O–H groups in total.